The van der Waals surface area contributed by atoms with Crippen molar-refractivity contribution in [2.75, 3.05) is 49.5 Å². The summed E-state index contributed by atoms with van der Waals surface area (Å²) in [6.07, 6.45) is 5.39. The molecule has 2 amide bonds. The van der Waals surface area contributed by atoms with Crippen LogP contribution in [0, 0.1) is 0 Å². The second-order valence-electron chi connectivity index (χ2n) is 10.2. The van der Waals surface area contributed by atoms with Gasteiger partial charge in [-0.15, -0.1) is 0 Å². The zero-order valence-corrected chi connectivity index (χ0v) is 23.7. The molecule has 1 aromatic carbocycles. The molecule has 2 N–H and O–H groups in total. The van der Waals surface area contributed by atoms with Gasteiger partial charge in [0.05, 0.1) is 11.1 Å². The Kier molecular flexibility index (Phi) is 12.1. The van der Waals surface area contributed by atoms with Gasteiger partial charge in [0.25, 0.3) is 11.8 Å². The van der Waals surface area contributed by atoms with Gasteiger partial charge in [-0.05, 0) is 43.2 Å². The number of amides is 2. The van der Waals surface area contributed by atoms with Crippen LogP contribution in [0.5, 0.6) is 0 Å². The molecule has 2 heterocycles. The molecule has 0 bridgehead atoms. The minimum absolute atomic E-state index is 0.160. The normalized spacial score (nSPS) is 13.8. The number of benzene rings is 1. The van der Waals surface area contributed by atoms with Crippen molar-refractivity contribution in [1.82, 2.24) is 15.2 Å². The fraction of sp³-hybridized carbons (Fsp3) is 0.567. The summed E-state index contributed by atoms with van der Waals surface area (Å²) >= 11 is 0. The van der Waals surface area contributed by atoms with E-state index in [0.29, 0.717) is 43.2 Å². The smallest absolute Gasteiger partial charge is 0.385 e. The lowest BCUT2D eigenvalue weighted by Gasteiger charge is -2.36. The standard InChI is InChI=1S/C30H42F3N5O2/c1-3-5-7-9-14-34-24-11-12-26(30(31,32)33)25(22-24)29(40)38-19-17-37(18-20-38)27-21-23(13-16-35-27)28(39)36-15-10-8-6-4-2/h11-13,16,21-22,34H,3-10,14-15,17-20H2,1-2H3,(H,36,39). The molecule has 1 fully saturated rings. The highest BCUT2D eigenvalue weighted by molar-refractivity contribution is 5.97. The van der Waals surface area contributed by atoms with Gasteiger partial charge in [-0.1, -0.05) is 52.4 Å². The number of nitrogens with one attached hydrogen (secondary N) is 2. The predicted molar refractivity (Wildman–Crippen MR) is 153 cm³/mol. The number of alkyl halides is 3. The first-order chi connectivity index (χ1) is 19.2. The molecule has 3 rings (SSSR count). The van der Waals surface area contributed by atoms with E-state index in [1.807, 2.05) is 4.90 Å². The molecular weight excluding hydrogens is 519 g/mol. The van der Waals surface area contributed by atoms with E-state index in [4.69, 9.17) is 0 Å². The highest BCUT2D eigenvalue weighted by Crippen LogP contribution is 2.34. The quantitative estimate of drug-likeness (QED) is 0.262. The molecule has 0 radical (unpaired) electrons. The number of nitrogens with zero attached hydrogens (tertiary/aromatic N) is 3. The highest BCUT2D eigenvalue weighted by Gasteiger charge is 2.37. The summed E-state index contributed by atoms with van der Waals surface area (Å²) in [6, 6.07) is 7.08. The Morgan fingerprint density at radius 2 is 1.55 bits per heavy atom. The maximum Gasteiger partial charge on any atom is 0.417 e. The molecule has 1 aliphatic rings. The zero-order valence-electron chi connectivity index (χ0n) is 23.7. The first kappa shape index (κ1) is 31.2. The Balaban J connectivity index is 1.62. The number of aromatic nitrogens is 1. The summed E-state index contributed by atoms with van der Waals surface area (Å²) in [5.74, 6) is -0.186. The van der Waals surface area contributed by atoms with Crippen molar-refractivity contribution in [2.24, 2.45) is 0 Å². The highest BCUT2D eigenvalue weighted by atomic mass is 19.4. The Bertz CT molecular complexity index is 1100. The van der Waals surface area contributed by atoms with Gasteiger partial charge in [0.2, 0.25) is 0 Å². The third-order valence-corrected chi connectivity index (χ3v) is 7.13. The Hall–Kier alpha value is -3.30. The van der Waals surface area contributed by atoms with Gasteiger partial charge >= 0.3 is 6.18 Å². The number of carbonyl (C=O) groups is 2. The van der Waals surface area contributed by atoms with Gasteiger partial charge in [0.1, 0.15) is 5.82 Å². The maximum absolute atomic E-state index is 13.8. The van der Waals surface area contributed by atoms with Crippen LogP contribution >= 0.6 is 0 Å². The first-order valence-electron chi connectivity index (χ1n) is 14.5. The number of piperazine rings is 1. The van der Waals surface area contributed by atoms with Crippen molar-refractivity contribution >= 4 is 23.3 Å². The Labute approximate surface area is 235 Å². The molecule has 0 spiro atoms. The molecule has 0 atom stereocenters. The molecule has 10 heteroatoms. The van der Waals surface area contributed by atoms with Crippen LogP contribution in [0.1, 0.15) is 91.5 Å². The topological polar surface area (TPSA) is 77.6 Å². The SMILES string of the molecule is CCCCCCNC(=O)c1ccnc(N2CCN(C(=O)c3cc(NCCCCCC)ccc3C(F)(F)F)CC2)c1. The number of anilines is 2. The summed E-state index contributed by atoms with van der Waals surface area (Å²) in [5.41, 5.74) is -0.245. The van der Waals surface area contributed by atoms with E-state index in [2.05, 4.69) is 29.5 Å². The lowest BCUT2D eigenvalue weighted by molar-refractivity contribution is -0.138. The minimum atomic E-state index is -4.63. The molecular formula is C30H42F3N5O2. The molecule has 0 saturated carbocycles. The van der Waals surface area contributed by atoms with Crippen molar-refractivity contribution in [3.63, 3.8) is 0 Å². The van der Waals surface area contributed by atoms with E-state index in [1.54, 1.807) is 18.3 Å². The third kappa shape index (κ3) is 9.13. The van der Waals surface area contributed by atoms with Gasteiger partial charge < -0.3 is 20.4 Å². The van der Waals surface area contributed by atoms with E-state index < -0.39 is 17.6 Å². The number of carbonyl (C=O) groups excluding carboxylic acids is 2. The number of halogens is 3. The van der Waals surface area contributed by atoms with E-state index in [9.17, 15) is 22.8 Å². The van der Waals surface area contributed by atoms with E-state index >= 15 is 0 Å². The molecule has 7 nitrogen and oxygen atoms in total. The number of pyridine rings is 1. The second kappa shape index (κ2) is 15.5. The van der Waals surface area contributed by atoms with Crippen LogP contribution in [0.2, 0.25) is 0 Å². The molecule has 40 heavy (non-hydrogen) atoms. The van der Waals surface area contributed by atoms with Crippen LogP contribution in [0.4, 0.5) is 24.7 Å². The van der Waals surface area contributed by atoms with Crippen LogP contribution in [0.25, 0.3) is 0 Å². The fourth-order valence-corrected chi connectivity index (χ4v) is 4.76. The summed E-state index contributed by atoms with van der Waals surface area (Å²) < 4.78 is 41.3. The monoisotopic (exact) mass is 561 g/mol. The van der Waals surface area contributed by atoms with E-state index in [-0.39, 0.29) is 24.6 Å². The number of unbranched alkanes of at least 4 members (excludes halogenated alkanes) is 6. The van der Waals surface area contributed by atoms with Crippen molar-refractivity contribution in [3.8, 4) is 0 Å². The average molecular weight is 562 g/mol. The molecule has 1 aliphatic heterocycles. The average Bonchev–Trinajstić information content (AvgIpc) is 2.96. The largest absolute Gasteiger partial charge is 0.417 e. The molecule has 220 valence electrons. The van der Waals surface area contributed by atoms with Crippen molar-refractivity contribution in [3.05, 3.63) is 53.2 Å². The zero-order chi connectivity index (χ0) is 29.0. The molecule has 0 unspecified atom stereocenters. The summed E-state index contributed by atoms with van der Waals surface area (Å²) in [6.45, 7) is 6.81. The number of hydrogen-bond donors (Lipinski definition) is 2. The molecule has 2 aromatic rings. The van der Waals surface area contributed by atoms with E-state index in [1.165, 1.54) is 17.0 Å². The van der Waals surface area contributed by atoms with Crippen molar-refractivity contribution in [1.29, 1.82) is 0 Å². The van der Waals surface area contributed by atoms with Gasteiger partial charge in [-0.25, -0.2) is 4.98 Å². The van der Waals surface area contributed by atoms with Crippen LogP contribution in [0.15, 0.2) is 36.5 Å². The number of rotatable bonds is 14. The molecule has 1 saturated heterocycles. The van der Waals surface area contributed by atoms with Crippen molar-refractivity contribution in [2.45, 2.75) is 71.4 Å². The maximum atomic E-state index is 13.8. The Morgan fingerprint density at radius 3 is 2.20 bits per heavy atom. The fourth-order valence-electron chi connectivity index (χ4n) is 4.76. The van der Waals surface area contributed by atoms with Crippen molar-refractivity contribution < 1.29 is 22.8 Å². The Morgan fingerprint density at radius 1 is 0.875 bits per heavy atom. The minimum Gasteiger partial charge on any atom is -0.385 e. The van der Waals surface area contributed by atoms with Gasteiger partial charge in [0, 0.05) is 56.7 Å². The molecule has 1 aromatic heterocycles. The lowest BCUT2D eigenvalue weighted by Crippen LogP contribution is -2.49. The summed E-state index contributed by atoms with van der Waals surface area (Å²) in [7, 11) is 0. The van der Waals surface area contributed by atoms with Gasteiger partial charge in [-0.2, -0.15) is 13.2 Å². The van der Waals surface area contributed by atoms with Crippen LogP contribution in [-0.2, 0) is 6.18 Å². The van der Waals surface area contributed by atoms with Gasteiger partial charge in [0.15, 0.2) is 0 Å². The third-order valence-electron chi connectivity index (χ3n) is 7.13. The first-order valence-corrected chi connectivity index (χ1v) is 14.5. The lowest BCUT2D eigenvalue weighted by atomic mass is 10.0. The van der Waals surface area contributed by atoms with Crippen LogP contribution in [-0.4, -0.2) is 61.0 Å². The predicted octanol–water partition coefficient (Wildman–Crippen LogP) is 6.37. The summed E-state index contributed by atoms with van der Waals surface area (Å²) in [4.78, 5) is 33.6. The van der Waals surface area contributed by atoms with Crippen LogP contribution < -0.4 is 15.5 Å². The molecule has 0 aliphatic carbocycles. The number of hydrogen-bond acceptors (Lipinski definition) is 5. The van der Waals surface area contributed by atoms with E-state index in [0.717, 1.165) is 57.4 Å². The van der Waals surface area contributed by atoms with Gasteiger partial charge in [-0.3, -0.25) is 9.59 Å². The summed E-state index contributed by atoms with van der Waals surface area (Å²) in [5, 5.41) is 6.09. The second-order valence-corrected chi connectivity index (χ2v) is 10.2. The van der Waals surface area contributed by atoms with Crippen LogP contribution in [0.3, 0.4) is 0 Å².